The highest BCUT2D eigenvalue weighted by molar-refractivity contribution is 6.23. The van der Waals surface area contributed by atoms with Crippen molar-refractivity contribution < 1.29 is 38.2 Å². The van der Waals surface area contributed by atoms with Gasteiger partial charge in [0.25, 0.3) is 0 Å². The molecule has 1 unspecified atom stereocenters. The Morgan fingerprint density at radius 2 is 1.40 bits per heavy atom. The Labute approximate surface area is 250 Å². The number of rotatable bonds is 8. The van der Waals surface area contributed by atoms with E-state index < -0.39 is 59.3 Å². The Hall–Kier alpha value is -4.53. The minimum atomic E-state index is -0.870. The van der Waals surface area contributed by atoms with Crippen LogP contribution in [0.3, 0.4) is 0 Å². The van der Waals surface area contributed by atoms with E-state index in [0.29, 0.717) is 29.7 Å². The molecule has 2 aliphatic carbocycles. The number of imide groups is 1. The molecule has 2 amide bonds. The number of methoxy groups -OCH3 is 2. The zero-order valence-electron chi connectivity index (χ0n) is 24.7. The molecule has 0 bridgehead atoms. The first kappa shape index (κ1) is 29.9. The van der Waals surface area contributed by atoms with Crippen molar-refractivity contribution in [3.8, 4) is 0 Å². The molecule has 2 aromatic carbocycles. The maximum atomic E-state index is 14.3. The molecule has 0 radical (unpaired) electrons. The molecule has 1 aliphatic heterocycles. The molecule has 9 heteroatoms. The van der Waals surface area contributed by atoms with Gasteiger partial charge in [-0.15, -0.1) is 0 Å². The summed E-state index contributed by atoms with van der Waals surface area (Å²) in [6, 6.07) is 18.4. The molecular weight excluding hydrogens is 550 g/mol. The van der Waals surface area contributed by atoms with Gasteiger partial charge in [-0.2, -0.15) is 0 Å². The zero-order chi connectivity index (χ0) is 30.8. The summed E-state index contributed by atoms with van der Waals surface area (Å²) in [7, 11) is 2.44. The van der Waals surface area contributed by atoms with E-state index >= 15 is 0 Å². The molecule has 0 N–H and O–H groups in total. The van der Waals surface area contributed by atoms with Crippen LogP contribution >= 0.6 is 0 Å². The van der Waals surface area contributed by atoms with Crippen molar-refractivity contribution in [2.75, 3.05) is 25.7 Å². The number of hydrogen-bond acceptors (Lipinski definition) is 8. The van der Waals surface area contributed by atoms with Gasteiger partial charge in [-0.3, -0.25) is 14.5 Å². The second kappa shape index (κ2) is 12.4. The molecule has 0 saturated carbocycles. The molecule has 2 aromatic rings. The van der Waals surface area contributed by atoms with Crippen LogP contribution in [0.1, 0.15) is 32.3 Å². The first-order chi connectivity index (χ1) is 20.7. The number of anilines is 1. The fourth-order valence-corrected chi connectivity index (χ4v) is 7.23. The SMILES string of the molecule is CCOC(=O)C1=C2CC(C(=O)OC)=C(C(=O)OC)C(C)[C@H]2[C@H]2C(=O)N(c3ccccc3)C(=O)[C@H]2[C@H]1CCc1ccccc1. The molecule has 1 fully saturated rings. The first-order valence-corrected chi connectivity index (χ1v) is 14.5. The highest BCUT2D eigenvalue weighted by Gasteiger charge is 2.62. The number of benzene rings is 2. The van der Waals surface area contributed by atoms with E-state index in [0.717, 1.165) is 5.56 Å². The quantitative estimate of drug-likeness (QED) is 0.257. The molecule has 0 aromatic heterocycles. The number of carbonyl (C=O) groups excluding carboxylic acids is 5. The number of nitrogens with zero attached hydrogens (tertiary/aromatic N) is 1. The van der Waals surface area contributed by atoms with Crippen LogP contribution in [-0.2, 0) is 44.6 Å². The number of amides is 2. The molecule has 5 rings (SSSR count). The maximum Gasteiger partial charge on any atom is 0.334 e. The molecule has 224 valence electrons. The molecule has 5 atom stereocenters. The number of carbonyl (C=O) groups is 5. The van der Waals surface area contributed by atoms with Crippen LogP contribution in [0.25, 0.3) is 0 Å². The van der Waals surface area contributed by atoms with Gasteiger partial charge in [0.05, 0.1) is 49.5 Å². The van der Waals surface area contributed by atoms with Crippen LogP contribution in [0.2, 0.25) is 0 Å². The molecule has 1 heterocycles. The first-order valence-electron chi connectivity index (χ1n) is 14.5. The van der Waals surface area contributed by atoms with Crippen molar-refractivity contribution in [1.29, 1.82) is 0 Å². The second-order valence-electron chi connectivity index (χ2n) is 11.1. The van der Waals surface area contributed by atoms with Gasteiger partial charge in [0.2, 0.25) is 11.8 Å². The fraction of sp³-hybridized carbons (Fsp3) is 0.382. The van der Waals surface area contributed by atoms with E-state index in [1.807, 2.05) is 30.3 Å². The molecular formula is C34H35NO8. The Morgan fingerprint density at radius 1 is 0.791 bits per heavy atom. The van der Waals surface area contributed by atoms with Crippen LogP contribution in [0.5, 0.6) is 0 Å². The summed E-state index contributed by atoms with van der Waals surface area (Å²) in [6.45, 7) is 3.53. The lowest BCUT2D eigenvalue weighted by Crippen LogP contribution is -2.46. The third-order valence-electron chi connectivity index (χ3n) is 8.96. The van der Waals surface area contributed by atoms with Crippen molar-refractivity contribution in [3.63, 3.8) is 0 Å². The van der Waals surface area contributed by atoms with Gasteiger partial charge in [-0.25, -0.2) is 14.4 Å². The predicted molar refractivity (Wildman–Crippen MR) is 156 cm³/mol. The summed E-state index contributed by atoms with van der Waals surface area (Å²) < 4.78 is 15.7. The third-order valence-corrected chi connectivity index (χ3v) is 8.96. The van der Waals surface area contributed by atoms with E-state index in [2.05, 4.69) is 0 Å². The van der Waals surface area contributed by atoms with E-state index in [9.17, 15) is 24.0 Å². The Bertz CT molecular complexity index is 1510. The number of esters is 3. The average Bonchev–Trinajstić information content (AvgIpc) is 3.28. The van der Waals surface area contributed by atoms with E-state index in [1.54, 1.807) is 44.2 Å². The monoisotopic (exact) mass is 585 g/mol. The number of allylic oxidation sites excluding steroid dienone is 1. The summed E-state index contributed by atoms with van der Waals surface area (Å²) in [5, 5.41) is 0. The molecule has 43 heavy (non-hydrogen) atoms. The van der Waals surface area contributed by atoms with Gasteiger partial charge >= 0.3 is 17.9 Å². The van der Waals surface area contributed by atoms with Crippen molar-refractivity contribution in [1.82, 2.24) is 0 Å². The van der Waals surface area contributed by atoms with Crippen LogP contribution in [-0.4, -0.2) is 50.5 Å². The number of fused-ring (bicyclic) bond motifs is 3. The number of ether oxygens (including phenoxy) is 3. The predicted octanol–water partition coefficient (Wildman–Crippen LogP) is 4.21. The lowest BCUT2D eigenvalue weighted by molar-refractivity contribution is -0.142. The second-order valence-corrected chi connectivity index (χ2v) is 11.1. The number of aryl methyl sites for hydroxylation is 1. The van der Waals surface area contributed by atoms with Gasteiger partial charge in [-0.1, -0.05) is 61.0 Å². The zero-order valence-corrected chi connectivity index (χ0v) is 24.7. The summed E-state index contributed by atoms with van der Waals surface area (Å²) >= 11 is 0. The molecule has 1 saturated heterocycles. The Morgan fingerprint density at radius 3 is 2.00 bits per heavy atom. The van der Waals surface area contributed by atoms with Gasteiger partial charge in [-0.05, 0) is 43.4 Å². The lowest BCUT2D eigenvalue weighted by Gasteiger charge is -2.45. The molecule has 0 spiro atoms. The number of hydrogen-bond donors (Lipinski definition) is 0. The topological polar surface area (TPSA) is 116 Å². The third kappa shape index (κ3) is 5.17. The summed E-state index contributed by atoms with van der Waals surface area (Å²) in [4.78, 5) is 69.8. The van der Waals surface area contributed by atoms with Crippen molar-refractivity contribution in [3.05, 3.63) is 88.5 Å². The van der Waals surface area contributed by atoms with E-state index in [1.165, 1.54) is 19.1 Å². The number of para-hydroxylation sites is 1. The highest BCUT2D eigenvalue weighted by atomic mass is 16.5. The van der Waals surface area contributed by atoms with Gasteiger partial charge in [0.15, 0.2) is 0 Å². The van der Waals surface area contributed by atoms with Crippen LogP contribution in [0.15, 0.2) is 83.0 Å². The van der Waals surface area contributed by atoms with Crippen LogP contribution < -0.4 is 4.90 Å². The lowest BCUT2D eigenvalue weighted by atomic mass is 9.56. The maximum absolute atomic E-state index is 14.3. The van der Waals surface area contributed by atoms with Crippen molar-refractivity contribution in [2.24, 2.45) is 29.6 Å². The Balaban J connectivity index is 1.74. The van der Waals surface area contributed by atoms with Crippen molar-refractivity contribution in [2.45, 2.75) is 33.1 Å². The van der Waals surface area contributed by atoms with Crippen LogP contribution in [0, 0.1) is 29.6 Å². The summed E-state index contributed by atoms with van der Waals surface area (Å²) in [6.07, 6.45) is 0.843. The van der Waals surface area contributed by atoms with Gasteiger partial charge in [0.1, 0.15) is 0 Å². The van der Waals surface area contributed by atoms with E-state index in [4.69, 9.17) is 14.2 Å². The largest absolute Gasteiger partial charge is 0.466 e. The minimum Gasteiger partial charge on any atom is -0.466 e. The Kier molecular flexibility index (Phi) is 8.62. The van der Waals surface area contributed by atoms with Crippen molar-refractivity contribution >= 4 is 35.4 Å². The minimum absolute atomic E-state index is 0.0758. The smallest absolute Gasteiger partial charge is 0.334 e. The summed E-state index contributed by atoms with van der Waals surface area (Å²) in [5.74, 6) is -6.66. The highest BCUT2D eigenvalue weighted by Crippen LogP contribution is 2.57. The summed E-state index contributed by atoms with van der Waals surface area (Å²) in [5.41, 5.74) is 2.46. The molecule has 3 aliphatic rings. The molecule has 9 nitrogen and oxygen atoms in total. The normalized spacial score (nSPS) is 24.8. The van der Waals surface area contributed by atoms with Crippen LogP contribution in [0.4, 0.5) is 5.69 Å². The standard InChI is InChI=1S/C34H35NO8/c1-5-43-34(40)27-22(17-16-20-12-8-6-9-13-20)28-29(31(37)35(30(28)36)21-14-10-7-11-15-21)25-19(2)26(33(39)42-4)24(18-23(25)27)32(38)41-3/h6-15,19,22,25,28-29H,5,16-18H2,1-4H3/t19?,22-,25+,28-,29+/m0/s1. The van der Waals surface area contributed by atoms with E-state index in [-0.39, 0.29) is 24.2 Å². The fourth-order valence-electron chi connectivity index (χ4n) is 7.23. The average molecular weight is 586 g/mol. The van der Waals surface area contributed by atoms with Gasteiger partial charge < -0.3 is 14.2 Å². The van der Waals surface area contributed by atoms with Gasteiger partial charge in [0, 0.05) is 23.8 Å².